The molecule has 3 rings (SSSR count). The van der Waals surface area contributed by atoms with Crippen molar-refractivity contribution < 1.29 is 8.42 Å². The van der Waals surface area contributed by atoms with Crippen molar-refractivity contribution in [3.8, 4) is 0 Å². The molecule has 2 aromatic rings. The Kier molecular flexibility index (Phi) is 4.79. The first kappa shape index (κ1) is 17.2. The van der Waals surface area contributed by atoms with E-state index in [1.54, 1.807) is 6.07 Å². The molecule has 0 radical (unpaired) electrons. The second-order valence-corrected chi connectivity index (χ2v) is 8.79. The lowest BCUT2D eigenvalue weighted by Gasteiger charge is -2.27. The quantitative estimate of drug-likeness (QED) is 0.908. The van der Waals surface area contributed by atoms with Gasteiger partial charge in [-0.15, -0.1) is 0 Å². The highest BCUT2D eigenvalue weighted by molar-refractivity contribution is 7.91. The van der Waals surface area contributed by atoms with Crippen molar-refractivity contribution in [1.82, 2.24) is 5.32 Å². The van der Waals surface area contributed by atoms with E-state index in [0.717, 1.165) is 23.1 Å². The Morgan fingerprint density at radius 3 is 2.46 bits per heavy atom. The number of sulfone groups is 1. The SMILES string of the molecule is CC[C@H]1NCc2ccccc2S(=O)(=O)[C@@H]1c1ccccc1C(C)C. The summed E-state index contributed by atoms with van der Waals surface area (Å²) in [5.74, 6) is 0.285. The lowest BCUT2D eigenvalue weighted by atomic mass is 9.92. The number of hydrogen-bond donors (Lipinski definition) is 1. The zero-order chi connectivity index (χ0) is 17.3. The first-order valence-corrected chi connectivity index (χ1v) is 10.2. The molecule has 1 aliphatic heterocycles. The van der Waals surface area contributed by atoms with Gasteiger partial charge in [0.25, 0.3) is 0 Å². The van der Waals surface area contributed by atoms with Crippen molar-refractivity contribution in [3.05, 3.63) is 65.2 Å². The molecule has 0 amide bonds. The Bertz CT molecular complexity index is 827. The maximum absolute atomic E-state index is 13.5. The summed E-state index contributed by atoms with van der Waals surface area (Å²) < 4.78 is 27.1. The van der Waals surface area contributed by atoms with Crippen LogP contribution in [0.25, 0.3) is 0 Å². The second-order valence-electron chi connectivity index (χ2n) is 6.75. The third-order valence-corrected chi connectivity index (χ3v) is 7.16. The van der Waals surface area contributed by atoms with Crippen LogP contribution in [0.5, 0.6) is 0 Å². The molecule has 0 aromatic heterocycles. The molecule has 0 aliphatic carbocycles. The van der Waals surface area contributed by atoms with Crippen LogP contribution in [0, 0.1) is 0 Å². The summed E-state index contributed by atoms with van der Waals surface area (Å²) in [5, 5.41) is 2.93. The Hall–Kier alpha value is -1.65. The fraction of sp³-hybridized carbons (Fsp3) is 0.400. The van der Waals surface area contributed by atoms with Gasteiger partial charge in [-0.25, -0.2) is 8.42 Å². The molecular formula is C20H25NO2S. The van der Waals surface area contributed by atoms with Crippen molar-refractivity contribution in [3.63, 3.8) is 0 Å². The van der Waals surface area contributed by atoms with Gasteiger partial charge in [0.2, 0.25) is 0 Å². The van der Waals surface area contributed by atoms with E-state index in [2.05, 4.69) is 25.2 Å². The van der Waals surface area contributed by atoms with E-state index in [1.165, 1.54) is 0 Å². The van der Waals surface area contributed by atoms with E-state index in [4.69, 9.17) is 0 Å². The van der Waals surface area contributed by atoms with Gasteiger partial charge in [0.1, 0.15) is 5.25 Å². The molecule has 0 saturated carbocycles. The Morgan fingerprint density at radius 2 is 1.75 bits per heavy atom. The summed E-state index contributed by atoms with van der Waals surface area (Å²) in [7, 11) is -3.45. The predicted molar refractivity (Wildman–Crippen MR) is 97.8 cm³/mol. The molecule has 0 fully saturated rings. The maximum atomic E-state index is 13.5. The van der Waals surface area contributed by atoms with E-state index in [9.17, 15) is 8.42 Å². The topological polar surface area (TPSA) is 46.2 Å². The van der Waals surface area contributed by atoms with E-state index >= 15 is 0 Å². The molecule has 1 aliphatic rings. The molecule has 128 valence electrons. The van der Waals surface area contributed by atoms with Crippen molar-refractivity contribution >= 4 is 9.84 Å². The van der Waals surface area contributed by atoms with Gasteiger partial charge in [-0.1, -0.05) is 63.2 Å². The molecule has 0 bridgehead atoms. The molecule has 3 nitrogen and oxygen atoms in total. The summed E-state index contributed by atoms with van der Waals surface area (Å²) in [6.07, 6.45) is 0.768. The van der Waals surface area contributed by atoms with Crippen LogP contribution in [0.3, 0.4) is 0 Å². The monoisotopic (exact) mass is 343 g/mol. The molecule has 0 unspecified atom stereocenters. The second kappa shape index (κ2) is 6.69. The zero-order valence-electron chi connectivity index (χ0n) is 14.5. The minimum absolute atomic E-state index is 0.0951. The molecule has 2 atom stereocenters. The van der Waals surface area contributed by atoms with Crippen molar-refractivity contribution in [2.75, 3.05) is 0 Å². The van der Waals surface area contributed by atoms with Crippen LogP contribution in [0.2, 0.25) is 0 Å². The van der Waals surface area contributed by atoms with Gasteiger partial charge >= 0.3 is 0 Å². The van der Waals surface area contributed by atoms with Crippen molar-refractivity contribution in [2.24, 2.45) is 0 Å². The smallest absolute Gasteiger partial charge is 0.187 e. The fourth-order valence-electron chi connectivity index (χ4n) is 3.67. The minimum atomic E-state index is -3.45. The van der Waals surface area contributed by atoms with Crippen LogP contribution in [0.15, 0.2) is 53.4 Å². The highest BCUT2D eigenvalue weighted by Crippen LogP contribution is 2.39. The van der Waals surface area contributed by atoms with Crippen molar-refractivity contribution in [1.29, 1.82) is 0 Å². The van der Waals surface area contributed by atoms with Gasteiger partial charge < -0.3 is 5.32 Å². The van der Waals surface area contributed by atoms with E-state index in [1.807, 2.05) is 43.3 Å². The van der Waals surface area contributed by atoms with E-state index in [-0.39, 0.29) is 12.0 Å². The van der Waals surface area contributed by atoms with E-state index in [0.29, 0.717) is 11.4 Å². The van der Waals surface area contributed by atoms with Gasteiger partial charge in [-0.2, -0.15) is 0 Å². The third-order valence-electron chi connectivity index (χ3n) is 4.90. The van der Waals surface area contributed by atoms with Gasteiger partial charge in [0, 0.05) is 12.6 Å². The van der Waals surface area contributed by atoms with E-state index < -0.39 is 15.1 Å². The van der Waals surface area contributed by atoms with Crippen LogP contribution in [-0.4, -0.2) is 14.5 Å². The van der Waals surface area contributed by atoms with Gasteiger partial charge in [0.05, 0.1) is 4.90 Å². The summed E-state index contributed by atoms with van der Waals surface area (Å²) in [6.45, 7) is 6.87. The normalized spacial score (nSPS) is 22.8. The molecule has 0 saturated heterocycles. The number of benzene rings is 2. The standard InChI is InChI=1S/C20H25NO2S/c1-4-18-20(17-11-7-6-10-16(17)14(2)3)24(22,23)19-12-8-5-9-15(19)13-21-18/h5-12,14,18,20-21H,4,13H2,1-3H3/t18-,20-/m1/s1. The average molecular weight is 343 g/mol. The number of nitrogens with one attached hydrogen (secondary N) is 1. The summed E-state index contributed by atoms with van der Waals surface area (Å²) in [5.41, 5.74) is 2.91. The highest BCUT2D eigenvalue weighted by Gasteiger charge is 2.39. The first-order chi connectivity index (χ1) is 11.5. The molecule has 0 spiro atoms. The van der Waals surface area contributed by atoms with Crippen LogP contribution in [0.1, 0.15) is 55.1 Å². The molecule has 1 heterocycles. The lowest BCUT2D eigenvalue weighted by Crippen LogP contribution is -2.35. The number of hydrogen-bond acceptors (Lipinski definition) is 3. The molecule has 1 N–H and O–H groups in total. The Morgan fingerprint density at radius 1 is 1.08 bits per heavy atom. The van der Waals surface area contributed by atoms with Gasteiger partial charge in [-0.3, -0.25) is 0 Å². The van der Waals surface area contributed by atoms with Gasteiger partial charge in [-0.05, 0) is 35.1 Å². The largest absolute Gasteiger partial charge is 0.308 e. The predicted octanol–water partition coefficient (Wildman–Crippen LogP) is 4.21. The summed E-state index contributed by atoms with van der Waals surface area (Å²) in [6, 6.07) is 15.2. The van der Waals surface area contributed by atoms with Crippen LogP contribution >= 0.6 is 0 Å². The van der Waals surface area contributed by atoms with Crippen LogP contribution < -0.4 is 5.32 Å². The molecule has 24 heavy (non-hydrogen) atoms. The summed E-state index contributed by atoms with van der Waals surface area (Å²) >= 11 is 0. The average Bonchev–Trinajstić information content (AvgIpc) is 2.69. The van der Waals surface area contributed by atoms with Crippen molar-refractivity contribution in [2.45, 2.75) is 55.8 Å². The zero-order valence-corrected chi connectivity index (χ0v) is 15.3. The lowest BCUT2D eigenvalue weighted by molar-refractivity contribution is 0.472. The number of fused-ring (bicyclic) bond motifs is 1. The first-order valence-electron chi connectivity index (χ1n) is 8.60. The molecule has 4 heteroatoms. The number of rotatable bonds is 3. The van der Waals surface area contributed by atoms with Crippen LogP contribution in [0.4, 0.5) is 0 Å². The Labute approximate surface area is 145 Å². The molecule has 2 aromatic carbocycles. The van der Waals surface area contributed by atoms with Crippen LogP contribution in [-0.2, 0) is 16.4 Å². The van der Waals surface area contributed by atoms with Gasteiger partial charge in [0.15, 0.2) is 9.84 Å². The molecular weight excluding hydrogens is 318 g/mol. The Balaban J connectivity index is 2.24. The fourth-order valence-corrected chi connectivity index (χ4v) is 5.98. The maximum Gasteiger partial charge on any atom is 0.187 e. The highest BCUT2D eigenvalue weighted by atomic mass is 32.2. The minimum Gasteiger partial charge on any atom is -0.308 e. The summed E-state index contributed by atoms with van der Waals surface area (Å²) in [4.78, 5) is 0.469. The third kappa shape index (κ3) is 2.89.